The molecule has 0 saturated heterocycles. The first-order valence-corrected chi connectivity index (χ1v) is 4.64. The van der Waals surface area contributed by atoms with Crippen molar-refractivity contribution in [3.05, 3.63) is 54.2 Å². The fraction of sp³-hybridized carbons (Fsp3) is 0.167. The summed E-state index contributed by atoms with van der Waals surface area (Å²) in [4.78, 5) is 0. The van der Waals surface area contributed by atoms with Crippen LogP contribution < -0.4 is 0 Å². The number of benzene rings is 1. The van der Waals surface area contributed by atoms with Gasteiger partial charge in [-0.1, -0.05) is 18.2 Å². The van der Waals surface area contributed by atoms with Crippen LogP contribution in [0.15, 0.2) is 30.3 Å². The number of hydrogen-bond donors (Lipinski definition) is 0. The largest absolute Gasteiger partial charge is 0.238 e. The zero-order chi connectivity index (χ0) is 10.1. The number of aromatic nitrogens is 2. The van der Waals surface area contributed by atoms with Gasteiger partial charge in [-0.05, 0) is 38.5 Å². The van der Waals surface area contributed by atoms with Crippen LogP contribution in [0.5, 0.6) is 0 Å². The van der Waals surface area contributed by atoms with Gasteiger partial charge in [-0.3, -0.25) is 0 Å². The summed E-state index contributed by atoms with van der Waals surface area (Å²) in [6, 6.07) is 10.1. The molecule has 0 saturated carbocycles. The quantitative estimate of drug-likeness (QED) is 0.668. The lowest BCUT2D eigenvalue weighted by atomic mass is 10.2. The highest BCUT2D eigenvalue weighted by atomic mass is 15.3. The molecule has 71 valence electrons. The molecule has 2 aromatic rings. The van der Waals surface area contributed by atoms with E-state index in [0.29, 0.717) is 0 Å². The molecule has 0 amide bonds. The maximum absolute atomic E-state index is 4.43. The first-order valence-electron chi connectivity index (χ1n) is 4.64. The Morgan fingerprint density at radius 3 is 2.29 bits per heavy atom. The van der Waals surface area contributed by atoms with Crippen LogP contribution in [0.1, 0.15) is 17.0 Å². The first-order chi connectivity index (χ1) is 6.70. The average molecular weight is 185 g/mol. The van der Waals surface area contributed by atoms with Gasteiger partial charge in [-0.25, -0.2) is 4.68 Å². The van der Waals surface area contributed by atoms with Crippen molar-refractivity contribution in [1.82, 2.24) is 9.78 Å². The smallest absolute Gasteiger partial charge is 0.0648 e. The van der Waals surface area contributed by atoms with E-state index < -0.39 is 0 Å². The second-order valence-corrected chi connectivity index (χ2v) is 3.40. The number of rotatable bonds is 1. The monoisotopic (exact) mass is 185 g/mol. The molecule has 0 aliphatic carbocycles. The number of hydrogen-bond acceptors (Lipinski definition) is 1. The predicted octanol–water partition coefficient (Wildman–Crippen LogP) is 2.67. The molecule has 0 fully saturated rings. The minimum absolute atomic E-state index is 0.992. The molecular weight excluding hydrogens is 172 g/mol. The molecule has 0 unspecified atom stereocenters. The highest BCUT2D eigenvalue weighted by Crippen LogP contribution is 2.15. The molecule has 1 aromatic heterocycles. The Bertz CT molecular complexity index is 441. The van der Waals surface area contributed by atoms with Crippen molar-refractivity contribution < 1.29 is 0 Å². The van der Waals surface area contributed by atoms with E-state index in [-0.39, 0.29) is 0 Å². The van der Waals surface area contributed by atoms with E-state index in [0.717, 1.165) is 22.6 Å². The van der Waals surface area contributed by atoms with Crippen molar-refractivity contribution in [2.75, 3.05) is 0 Å². The molecule has 1 heterocycles. The number of aryl methyl sites for hydroxylation is 1. The lowest BCUT2D eigenvalue weighted by molar-refractivity contribution is 0.833. The summed E-state index contributed by atoms with van der Waals surface area (Å²) in [5.41, 5.74) is 4.21. The van der Waals surface area contributed by atoms with Gasteiger partial charge in [0.2, 0.25) is 0 Å². The molecule has 0 atom stereocenters. The summed E-state index contributed by atoms with van der Waals surface area (Å²) in [6.45, 7) is 8.00. The standard InChI is InChI=1S/C12H13N2/c1-9-10(2)13-14(11(9)3)12-7-5-4-6-8-12/h4-8H,1H2,2-3H3. The summed E-state index contributed by atoms with van der Waals surface area (Å²) >= 11 is 0. The molecule has 0 N–H and O–H groups in total. The SMILES string of the molecule is [CH2]c1c(C)nn(-c2ccccc2)c1C. The molecular formula is C12H13N2. The van der Waals surface area contributed by atoms with E-state index in [1.807, 2.05) is 48.9 Å². The molecule has 2 heteroatoms. The number of nitrogens with zero attached hydrogens (tertiary/aromatic N) is 2. The third-order valence-corrected chi connectivity index (χ3v) is 2.44. The van der Waals surface area contributed by atoms with Gasteiger partial charge < -0.3 is 0 Å². The van der Waals surface area contributed by atoms with Crippen LogP contribution in [-0.2, 0) is 0 Å². The molecule has 14 heavy (non-hydrogen) atoms. The predicted molar refractivity (Wildman–Crippen MR) is 57.5 cm³/mol. The third kappa shape index (κ3) is 1.33. The average Bonchev–Trinajstić information content (AvgIpc) is 2.47. The van der Waals surface area contributed by atoms with Crippen molar-refractivity contribution in [1.29, 1.82) is 0 Å². The van der Waals surface area contributed by atoms with E-state index >= 15 is 0 Å². The van der Waals surface area contributed by atoms with E-state index in [2.05, 4.69) is 12.0 Å². The summed E-state index contributed by atoms with van der Waals surface area (Å²) in [5, 5.41) is 4.43. The Morgan fingerprint density at radius 2 is 1.79 bits per heavy atom. The third-order valence-electron chi connectivity index (χ3n) is 2.44. The van der Waals surface area contributed by atoms with Crippen molar-refractivity contribution in [2.45, 2.75) is 13.8 Å². The maximum atomic E-state index is 4.43. The van der Waals surface area contributed by atoms with E-state index in [1.165, 1.54) is 0 Å². The van der Waals surface area contributed by atoms with Gasteiger partial charge in [0.25, 0.3) is 0 Å². The van der Waals surface area contributed by atoms with Crippen molar-refractivity contribution >= 4 is 0 Å². The topological polar surface area (TPSA) is 17.8 Å². The molecule has 2 rings (SSSR count). The highest BCUT2D eigenvalue weighted by molar-refractivity contribution is 5.37. The van der Waals surface area contributed by atoms with Crippen molar-refractivity contribution in [3.8, 4) is 5.69 Å². The van der Waals surface area contributed by atoms with Crippen molar-refractivity contribution in [2.24, 2.45) is 0 Å². The minimum atomic E-state index is 0.992. The summed E-state index contributed by atoms with van der Waals surface area (Å²) < 4.78 is 1.93. The van der Waals surface area contributed by atoms with Crippen LogP contribution in [0, 0.1) is 20.8 Å². The van der Waals surface area contributed by atoms with Gasteiger partial charge in [0, 0.05) is 5.69 Å². The Hall–Kier alpha value is -1.57. The molecule has 0 aliphatic rings. The second kappa shape index (κ2) is 3.29. The first kappa shape index (κ1) is 9.00. The fourth-order valence-corrected chi connectivity index (χ4v) is 1.50. The van der Waals surface area contributed by atoms with Gasteiger partial charge in [-0.2, -0.15) is 5.10 Å². The van der Waals surface area contributed by atoms with Crippen LogP contribution in [0.25, 0.3) is 5.69 Å². The van der Waals surface area contributed by atoms with Gasteiger partial charge in [0.1, 0.15) is 0 Å². The van der Waals surface area contributed by atoms with Crippen LogP contribution in [0.2, 0.25) is 0 Å². The van der Waals surface area contributed by atoms with E-state index in [9.17, 15) is 0 Å². The lowest BCUT2D eigenvalue weighted by Crippen LogP contribution is -1.98. The summed E-state index contributed by atoms with van der Waals surface area (Å²) in [7, 11) is 0. The van der Waals surface area contributed by atoms with Crippen LogP contribution in [-0.4, -0.2) is 9.78 Å². The number of para-hydroxylation sites is 1. The summed E-state index contributed by atoms with van der Waals surface area (Å²) in [6.07, 6.45) is 0. The Kier molecular flexibility index (Phi) is 2.12. The minimum Gasteiger partial charge on any atom is -0.238 e. The van der Waals surface area contributed by atoms with E-state index in [4.69, 9.17) is 0 Å². The molecule has 1 radical (unpaired) electrons. The van der Waals surface area contributed by atoms with Crippen LogP contribution in [0.3, 0.4) is 0 Å². The Morgan fingerprint density at radius 1 is 1.14 bits per heavy atom. The Balaban J connectivity index is 2.58. The summed E-state index contributed by atoms with van der Waals surface area (Å²) in [5.74, 6) is 0. The maximum Gasteiger partial charge on any atom is 0.0648 e. The molecule has 2 nitrogen and oxygen atoms in total. The zero-order valence-electron chi connectivity index (χ0n) is 8.49. The molecule has 0 aliphatic heterocycles. The van der Waals surface area contributed by atoms with Gasteiger partial charge in [0.15, 0.2) is 0 Å². The molecule has 0 spiro atoms. The van der Waals surface area contributed by atoms with Crippen molar-refractivity contribution in [3.63, 3.8) is 0 Å². The molecule has 1 aromatic carbocycles. The van der Waals surface area contributed by atoms with Gasteiger partial charge >= 0.3 is 0 Å². The normalized spacial score (nSPS) is 10.5. The van der Waals surface area contributed by atoms with Crippen LogP contribution in [0.4, 0.5) is 0 Å². The zero-order valence-corrected chi connectivity index (χ0v) is 8.49. The highest BCUT2D eigenvalue weighted by Gasteiger charge is 2.07. The van der Waals surface area contributed by atoms with Gasteiger partial charge in [-0.15, -0.1) is 0 Å². The molecule has 0 bridgehead atoms. The second-order valence-electron chi connectivity index (χ2n) is 3.40. The fourth-order valence-electron chi connectivity index (χ4n) is 1.50. The van der Waals surface area contributed by atoms with E-state index in [1.54, 1.807) is 0 Å². The Labute approximate surface area is 84.2 Å². The lowest BCUT2D eigenvalue weighted by Gasteiger charge is -2.03. The van der Waals surface area contributed by atoms with Crippen LogP contribution >= 0.6 is 0 Å². The van der Waals surface area contributed by atoms with Gasteiger partial charge in [0.05, 0.1) is 11.4 Å².